The molecular weight excluding hydrogens is 284 g/mol. The minimum atomic E-state index is -0.419. The number of carbonyl (C=O) groups is 1. The van der Waals surface area contributed by atoms with Gasteiger partial charge in [-0.25, -0.2) is 4.98 Å². The first-order valence-corrected chi connectivity index (χ1v) is 7.95. The van der Waals surface area contributed by atoms with Crippen molar-refractivity contribution in [2.75, 3.05) is 38.6 Å². The van der Waals surface area contributed by atoms with E-state index in [2.05, 4.69) is 28.9 Å². The zero-order valence-electron chi connectivity index (χ0n) is 12.4. The SMILES string of the molecule is CN1CCC(CN(C)c2nc3c(C(N)=O)cccc3s2)C1. The highest BCUT2D eigenvalue weighted by Gasteiger charge is 2.22. The summed E-state index contributed by atoms with van der Waals surface area (Å²) in [5.41, 5.74) is 6.65. The van der Waals surface area contributed by atoms with Crippen LogP contribution in [0, 0.1) is 5.92 Å². The van der Waals surface area contributed by atoms with E-state index in [1.54, 1.807) is 17.4 Å². The first-order valence-electron chi connectivity index (χ1n) is 7.13. The Bertz CT molecular complexity index is 669. The summed E-state index contributed by atoms with van der Waals surface area (Å²) in [6, 6.07) is 5.58. The van der Waals surface area contributed by atoms with Crippen LogP contribution in [0.2, 0.25) is 0 Å². The Morgan fingerprint density at radius 3 is 3.05 bits per heavy atom. The number of nitrogens with zero attached hydrogens (tertiary/aromatic N) is 3. The topological polar surface area (TPSA) is 62.5 Å². The molecule has 2 heterocycles. The maximum atomic E-state index is 11.5. The van der Waals surface area contributed by atoms with E-state index >= 15 is 0 Å². The van der Waals surface area contributed by atoms with E-state index in [0.29, 0.717) is 11.5 Å². The van der Waals surface area contributed by atoms with Crippen LogP contribution >= 0.6 is 11.3 Å². The Morgan fingerprint density at radius 2 is 2.38 bits per heavy atom. The molecule has 1 fully saturated rings. The molecule has 21 heavy (non-hydrogen) atoms. The van der Waals surface area contributed by atoms with Gasteiger partial charge in [-0.05, 0) is 38.1 Å². The maximum absolute atomic E-state index is 11.5. The Balaban J connectivity index is 1.83. The van der Waals surface area contributed by atoms with Crippen molar-refractivity contribution < 1.29 is 4.79 Å². The van der Waals surface area contributed by atoms with E-state index in [-0.39, 0.29) is 0 Å². The molecule has 1 aromatic heterocycles. The maximum Gasteiger partial charge on any atom is 0.250 e. The second kappa shape index (κ2) is 5.61. The van der Waals surface area contributed by atoms with Crippen molar-refractivity contribution in [2.24, 2.45) is 11.7 Å². The highest BCUT2D eigenvalue weighted by molar-refractivity contribution is 7.22. The molecular formula is C15H20N4OS. The molecule has 3 rings (SSSR count). The predicted molar refractivity (Wildman–Crippen MR) is 87.0 cm³/mol. The molecule has 0 radical (unpaired) electrons. The molecule has 1 amide bonds. The quantitative estimate of drug-likeness (QED) is 0.935. The summed E-state index contributed by atoms with van der Waals surface area (Å²) in [5.74, 6) is 0.264. The summed E-state index contributed by atoms with van der Waals surface area (Å²) in [7, 11) is 4.23. The number of para-hydroxylation sites is 1. The van der Waals surface area contributed by atoms with Gasteiger partial charge < -0.3 is 15.5 Å². The van der Waals surface area contributed by atoms with E-state index in [1.165, 1.54) is 13.0 Å². The van der Waals surface area contributed by atoms with E-state index in [9.17, 15) is 4.79 Å². The lowest BCUT2D eigenvalue weighted by atomic mass is 10.1. The minimum absolute atomic E-state index is 0.419. The van der Waals surface area contributed by atoms with Crippen molar-refractivity contribution in [3.05, 3.63) is 23.8 Å². The van der Waals surface area contributed by atoms with Crippen LogP contribution in [0.1, 0.15) is 16.8 Å². The zero-order chi connectivity index (χ0) is 15.0. The van der Waals surface area contributed by atoms with Crippen molar-refractivity contribution in [1.29, 1.82) is 0 Å². The van der Waals surface area contributed by atoms with Gasteiger partial charge in [-0.2, -0.15) is 0 Å². The van der Waals surface area contributed by atoms with Crippen LogP contribution in [0.25, 0.3) is 10.2 Å². The lowest BCUT2D eigenvalue weighted by Crippen LogP contribution is -2.27. The lowest BCUT2D eigenvalue weighted by Gasteiger charge is -2.20. The molecule has 1 aromatic carbocycles. The van der Waals surface area contributed by atoms with Gasteiger partial charge in [0.05, 0.1) is 15.8 Å². The Morgan fingerprint density at radius 1 is 1.57 bits per heavy atom. The smallest absolute Gasteiger partial charge is 0.250 e. The Hall–Kier alpha value is -1.66. The van der Waals surface area contributed by atoms with Gasteiger partial charge in [-0.1, -0.05) is 17.4 Å². The standard InChI is InChI=1S/C15H20N4OS/c1-18-7-6-10(8-18)9-19(2)15-17-13-11(14(16)20)4-3-5-12(13)21-15/h3-5,10H,6-9H2,1-2H3,(H2,16,20). The number of rotatable bonds is 4. The van der Waals surface area contributed by atoms with Crippen molar-refractivity contribution in [2.45, 2.75) is 6.42 Å². The fraction of sp³-hybridized carbons (Fsp3) is 0.467. The molecule has 1 aliphatic heterocycles. The summed E-state index contributed by atoms with van der Waals surface area (Å²) < 4.78 is 1.01. The van der Waals surface area contributed by atoms with E-state index in [0.717, 1.165) is 28.4 Å². The highest BCUT2D eigenvalue weighted by atomic mass is 32.1. The second-order valence-electron chi connectivity index (χ2n) is 5.81. The van der Waals surface area contributed by atoms with Crippen LogP contribution in [-0.2, 0) is 0 Å². The number of likely N-dealkylation sites (tertiary alicyclic amines) is 1. The zero-order valence-corrected chi connectivity index (χ0v) is 13.2. The number of primary amides is 1. The molecule has 5 nitrogen and oxygen atoms in total. The van der Waals surface area contributed by atoms with Gasteiger partial charge in [0, 0.05) is 20.1 Å². The number of aromatic nitrogens is 1. The number of amides is 1. The Labute approximate surface area is 128 Å². The van der Waals surface area contributed by atoms with E-state index in [1.807, 2.05) is 12.1 Å². The van der Waals surface area contributed by atoms with Gasteiger partial charge in [0.2, 0.25) is 0 Å². The molecule has 2 aromatic rings. The summed E-state index contributed by atoms with van der Waals surface area (Å²) in [5, 5.41) is 0.952. The summed E-state index contributed by atoms with van der Waals surface area (Å²) in [6.45, 7) is 3.31. The first-order chi connectivity index (χ1) is 10.0. The molecule has 2 N–H and O–H groups in total. The number of anilines is 1. The first kappa shape index (κ1) is 14.3. The van der Waals surface area contributed by atoms with Crippen molar-refractivity contribution in [3.8, 4) is 0 Å². The molecule has 1 saturated heterocycles. The average Bonchev–Trinajstić information content (AvgIpc) is 3.04. The Kier molecular flexibility index (Phi) is 3.82. The average molecular weight is 304 g/mol. The van der Waals surface area contributed by atoms with Gasteiger partial charge in [0.15, 0.2) is 5.13 Å². The van der Waals surface area contributed by atoms with Gasteiger partial charge in [0.1, 0.15) is 0 Å². The van der Waals surface area contributed by atoms with E-state index < -0.39 is 5.91 Å². The molecule has 1 atom stereocenters. The van der Waals surface area contributed by atoms with Crippen molar-refractivity contribution >= 4 is 32.6 Å². The number of carbonyl (C=O) groups excluding carboxylic acids is 1. The van der Waals surface area contributed by atoms with Crippen LogP contribution in [0.5, 0.6) is 0 Å². The number of hydrogen-bond donors (Lipinski definition) is 1. The van der Waals surface area contributed by atoms with Crippen LogP contribution in [0.4, 0.5) is 5.13 Å². The molecule has 112 valence electrons. The highest BCUT2D eigenvalue weighted by Crippen LogP contribution is 2.31. The van der Waals surface area contributed by atoms with Crippen LogP contribution in [0.15, 0.2) is 18.2 Å². The largest absolute Gasteiger partial charge is 0.366 e. The monoisotopic (exact) mass is 304 g/mol. The summed E-state index contributed by atoms with van der Waals surface area (Å²) in [6.07, 6.45) is 1.23. The summed E-state index contributed by atoms with van der Waals surface area (Å²) in [4.78, 5) is 20.7. The van der Waals surface area contributed by atoms with Crippen LogP contribution in [-0.4, -0.2) is 49.5 Å². The minimum Gasteiger partial charge on any atom is -0.366 e. The third kappa shape index (κ3) is 2.87. The van der Waals surface area contributed by atoms with Crippen LogP contribution < -0.4 is 10.6 Å². The van der Waals surface area contributed by atoms with Crippen molar-refractivity contribution in [1.82, 2.24) is 9.88 Å². The molecule has 0 aliphatic carbocycles. The number of thiazole rings is 1. The van der Waals surface area contributed by atoms with Gasteiger partial charge >= 0.3 is 0 Å². The fourth-order valence-corrected chi connectivity index (χ4v) is 3.90. The predicted octanol–water partition coefficient (Wildman–Crippen LogP) is 1.78. The number of hydrogen-bond acceptors (Lipinski definition) is 5. The lowest BCUT2D eigenvalue weighted by molar-refractivity contribution is 0.100. The third-order valence-electron chi connectivity index (χ3n) is 4.02. The number of nitrogens with two attached hydrogens (primary N) is 1. The molecule has 0 bridgehead atoms. The van der Waals surface area contributed by atoms with Gasteiger partial charge in [-0.15, -0.1) is 0 Å². The number of benzene rings is 1. The molecule has 1 aliphatic rings. The van der Waals surface area contributed by atoms with E-state index in [4.69, 9.17) is 5.73 Å². The number of fused-ring (bicyclic) bond motifs is 1. The molecule has 0 spiro atoms. The molecule has 0 saturated carbocycles. The summed E-state index contributed by atoms with van der Waals surface area (Å²) >= 11 is 1.61. The van der Waals surface area contributed by atoms with Crippen molar-refractivity contribution in [3.63, 3.8) is 0 Å². The second-order valence-corrected chi connectivity index (χ2v) is 6.82. The molecule has 1 unspecified atom stereocenters. The van der Waals surface area contributed by atoms with Gasteiger partial charge in [0.25, 0.3) is 5.91 Å². The fourth-order valence-electron chi connectivity index (χ4n) is 2.94. The third-order valence-corrected chi connectivity index (χ3v) is 5.16. The normalized spacial score (nSPS) is 19.2. The molecule has 6 heteroatoms. The van der Waals surface area contributed by atoms with Crippen LogP contribution in [0.3, 0.4) is 0 Å². The van der Waals surface area contributed by atoms with Gasteiger partial charge in [-0.3, -0.25) is 4.79 Å².